The molecule has 0 heterocycles. The van der Waals surface area contributed by atoms with Gasteiger partial charge in [0.15, 0.2) is 0 Å². The van der Waals surface area contributed by atoms with Crippen molar-refractivity contribution in [2.45, 2.75) is 58.0 Å². The molecule has 0 aromatic heterocycles. The minimum Gasteiger partial charge on any atom is -0.481 e. The number of allylic oxidation sites excluding steroid dienone is 2. The zero-order valence-corrected chi connectivity index (χ0v) is 9.48. The Morgan fingerprint density at radius 1 is 1.27 bits per heavy atom. The van der Waals surface area contributed by atoms with E-state index in [4.69, 9.17) is 5.11 Å². The van der Waals surface area contributed by atoms with Gasteiger partial charge in [-0.2, -0.15) is 0 Å². The lowest BCUT2D eigenvalue weighted by Crippen LogP contribution is -2.12. The predicted molar refractivity (Wildman–Crippen MR) is 60.8 cm³/mol. The molecule has 0 spiro atoms. The van der Waals surface area contributed by atoms with Gasteiger partial charge in [-0.25, -0.2) is 0 Å². The third-order valence-corrected chi connectivity index (χ3v) is 2.30. The smallest absolute Gasteiger partial charge is 0.305 e. The molecular formula is C12H22O3. The van der Waals surface area contributed by atoms with Crippen molar-refractivity contribution >= 4 is 5.97 Å². The van der Waals surface area contributed by atoms with Gasteiger partial charge in [0.1, 0.15) is 0 Å². The monoisotopic (exact) mass is 214 g/mol. The number of carboxylic acid groups (broad SMARTS) is 1. The van der Waals surface area contributed by atoms with Gasteiger partial charge >= 0.3 is 5.97 Å². The molecule has 0 saturated heterocycles. The van der Waals surface area contributed by atoms with Gasteiger partial charge in [0.05, 0.1) is 12.5 Å². The maximum Gasteiger partial charge on any atom is 0.305 e. The lowest BCUT2D eigenvalue weighted by Gasteiger charge is -2.06. The van der Waals surface area contributed by atoms with Crippen molar-refractivity contribution in [3.05, 3.63) is 12.2 Å². The van der Waals surface area contributed by atoms with Crippen LogP contribution in [0.3, 0.4) is 0 Å². The van der Waals surface area contributed by atoms with E-state index in [1.54, 1.807) is 0 Å². The number of aliphatic hydroxyl groups excluding tert-OH is 1. The fourth-order valence-corrected chi connectivity index (χ4v) is 1.47. The number of aliphatic carboxylic acids is 1. The van der Waals surface area contributed by atoms with Crippen molar-refractivity contribution in [2.24, 2.45) is 0 Å². The molecule has 3 heteroatoms. The van der Waals surface area contributed by atoms with Crippen molar-refractivity contribution in [2.75, 3.05) is 0 Å². The largest absolute Gasteiger partial charge is 0.481 e. The van der Waals surface area contributed by atoms with Crippen LogP contribution in [0.5, 0.6) is 0 Å². The van der Waals surface area contributed by atoms with Gasteiger partial charge in [-0.05, 0) is 26.2 Å². The fourth-order valence-electron chi connectivity index (χ4n) is 1.47. The van der Waals surface area contributed by atoms with Gasteiger partial charge in [0.2, 0.25) is 0 Å². The van der Waals surface area contributed by atoms with E-state index in [-0.39, 0.29) is 6.42 Å². The van der Waals surface area contributed by atoms with Gasteiger partial charge in [0.25, 0.3) is 0 Å². The van der Waals surface area contributed by atoms with Crippen LogP contribution in [-0.2, 0) is 4.79 Å². The van der Waals surface area contributed by atoms with Crippen LogP contribution >= 0.6 is 0 Å². The van der Waals surface area contributed by atoms with Crippen LogP contribution in [0.1, 0.15) is 51.9 Å². The molecule has 0 fully saturated rings. The summed E-state index contributed by atoms with van der Waals surface area (Å²) in [6, 6.07) is 0. The molecule has 0 aliphatic heterocycles. The van der Waals surface area contributed by atoms with Gasteiger partial charge in [-0.1, -0.05) is 31.4 Å². The number of carboxylic acids is 1. The van der Waals surface area contributed by atoms with Crippen LogP contribution in [0.2, 0.25) is 0 Å². The third-order valence-electron chi connectivity index (χ3n) is 2.30. The normalized spacial score (nSPS) is 13.2. The van der Waals surface area contributed by atoms with Crippen molar-refractivity contribution in [1.29, 1.82) is 0 Å². The highest BCUT2D eigenvalue weighted by atomic mass is 16.4. The number of hydrogen-bond acceptors (Lipinski definition) is 2. The lowest BCUT2D eigenvalue weighted by molar-refractivity contribution is -0.139. The molecule has 0 bridgehead atoms. The Bertz CT molecular complexity index is 187. The average Bonchev–Trinajstić information content (AvgIpc) is 2.15. The highest BCUT2D eigenvalue weighted by molar-refractivity contribution is 5.67. The van der Waals surface area contributed by atoms with Crippen molar-refractivity contribution < 1.29 is 15.0 Å². The first kappa shape index (κ1) is 14.2. The highest BCUT2D eigenvalue weighted by Gasteiger charge is 2.08. The number of hydrogen-bond donors (Lipinski definition) is 2. The quantitative estimate of drug-likeness (QED) is 0.458. The van der Waals surface area contributed by atoms with E-state index in [0.717, 1.165) is 25.7 Å². The van der Waals surface area contributed by atoms with Gasteiger partial charge in [-0.3, -0.25) is 4.79 Å². The van der Waals surface area contributed by atoms with Crippen molar-refractivity contribution in [3.8, 4) is 0 Å². The molecule has 0 amide bonds. The highest BCUT2D eigenvalue weighted by Crippen LogP contribution is 2.09. The molecule has 88 valence electrons. The standard InChI is InChI=1S/C12H22O3/c1-2-3-4-5-6-7-8-9-11(13)10-12(14)15/h2-3,11,13H,4-10H2,1H3,(H,14,15)/b3-2+. The summed E-state index contributed by atoms with van der Waals surface area (Å²) in [6.45, 7) is 2.02. The van der Waals surface area contributed by atoms with E-state index in [2.05, 4.69) is 12.2 Å². The molecule has 0 aromatic carbocycles. The van der Waals surface area contributed by atoms with E-state index in [1.807, 2.05) is 6.92 Å². The zero-order chi connectivity index (χ0) is 11.5. The minimum atomic E-state index is -0.921. The van der Waals surface area contributed by atoms with E-state index >= 15 is 0 Å². The zero-order valence-electron chi connectivity index (χ0n) is 9.48. The molecular weight excluding hydrogens is 192 g/mol. The SMILES string of the molecule is C/C=C/CCCCCCC(O)CC(=O)O. The van der Waals surface area contributed by atoms with E-state index in [1.165, 1.54) is 6.42 Å². The summed E-state index contributed by atoms with van der Waals surface area (Å²) in [5.41, 5.74) is 0. The maximum atomic E-state index is 10.2. The van der Waals surface area contributed by atoms with Gasteiger partial charge in [0, 0.05) is 0 Å². The second kappa shape index (κ2) is 9.71. The molecule has 0 aromatic rings. The van der Waals surface area contributed by atoms with Crippen LogP contribution < -0.4 is 0 Å². The average molecular weight is 214 g/mol. The number of unbranched alkanes of at least 4 members (excludes halogenated alkanes) is 4. The molecule has 1 atom stereocenters. The van der Waals surface area contributed by atoms with Crippen LogP contribution in [0, 0.1) is 0 Å². The van der Waals surface area contributed by atoms with Crippen LogP contribution in [-0.4, -0.2) is 22.3 Å². The molecule has 15 heavy (non-hydrogen) atoms. The number of carbonyl (C=O) groups is 1. The molecule has 0 saturated carbocycles. The molecule has 0 aliphatic rings. The van der Waals surface area contributed by atoms with Gasteiger partial charge in [-0.15, -0.1) is 0 Å². The topological polar surface area (TPSA) is 57.5 Å². The maximum absolute atomic E-state index is 10.2. The lowest BCUT2D eigenvalue weighted by atomic mass is 10.1. The van der Waals surface area contributed by atoms with Crippen LogP contribution in [0.4, 0.5) is 0 Å². The predicted octanol–water partition coefficient (Wildman–Crippen LogP) is 2.74. The summed E-state index contributed by atoms with van der Waals surface area (Å²) >= 11 is 0. The Balaban J connectivity index is 3.19. The number of aliphatic hydroxyl groups is 1. The third kappa shape index (κ3) is 11.1. The Morgan fingerprint density at radius 3 is 2.53 bits per heavy atom. The van der Waals surface area contributed by atoms with Crippen LogP contribution in [0.15, 0.2) is 12.2 Å². The molecule has 0 rings (SSSR count). The first-order chi connectivity index (χ1) is 7.16. The second-order valence-electron chi connectivity index (χ2n) is 3.81. The van der Waals surface area contributed by atoms with E-state index < -0.39 is 12.1 Å². The summed E-state index contributed by atoms with van der Waals surface area (Å²) in [4.78, 5) is 10.2. The van der Waals surface area contributed by atoms with Crippen molar-refractivity contribution in [1.82, 2.24) is 0 Å². The molecule has 0 aliphatic carbocycles. The Hall–Kier alpha value is -0.830. The molecule has 2 N–H and O–H groups in total. The Kier molecular flexibility index (Phi) is 9.18. The summed E-state index contributed by atoms with van der Waals surface area (Å²) in [6.07, 6.45) is 9.47. The van der Waals surface area contributed by atoms with Crippen LogP contribution in [0.25, 0.3) is 0 Å². The summed E-state index contributed by atoms with van der Waals surface area (Å²) in [5.74, 6) is -0.921. The molecule has 1 unspecified atom stereocenters. The van der Waals surface area contributed by atoms with E-state index in [0.29, 0.717) is 6.42 Å². The molecule has 0 radical (unpaired) electrons. The summed E-state index contributed by atoms with van der Waals surface area (Å²) in [7, 11) is 0. The van der Waals surface area contributed by atoms with E-state index in [9.17, 15) is 9.90 Å². The van der Waals surface area contributed by atoms with Crippen molar-refractivity contribution in [3.63, 3.8) is 0 Å². The Labute approximate surface area is 91.8 Å². The number of rotatable bonds is 9. The summed E-state index contributed by atoms with van der Waals surface area (Å²) < 4.78 is 0. The Morgan fingerprint density at radius 2 is 1.93 bits per heavy atom. The van der Waals surface area contributed by atoms with Gasteiger partial charge < -0.3 is 10.2 Å². The summed E-state index contributed by atoms with van der Waals surface area (Å²) in [5, 5.41) is 17.7. The first-order valence-electron chi connectivity index (χ1n) is 5.67. The molecule has 3 nitrogen and oxygen atoms in total. The first-order valence-corrected chi connectivity index (χ1v) is 5.67. The fraction of sp³-hybridized carbons (Fsp3) is 0.750. The minimum absolute atomic E-state index is 0.126. The second-order valence-corrected chi connectivity index (χ2v) is 3.81.